The first-order valence-corrected chi connectivity index (χ1v) is 12.0. The normalized spacial score (nSPS) is 15.3. The van der Waals surface area contributed by atoms with Crippen molar-refractivity contribution in [2.24, 2.45) is 4.99 Å². The molecule has 0 radical (unpaired) electrons. The Bertz CT molecular complexity index is 694. The van der Waals surface area contributed by atoms with Crippen LogP contribution >= 0.6 is 11.8 Å². The molecule has 0 bridgehead atoms. The largest absolute Gasteiger partial charge is 0.444 e. The number of aromatic nitrogens is 3. The molecule has 0 atom stereocenters. The molecule has 0 saturated heterocycles. The summed E-state index contributed by atoms with van der Waals surface area (Å²) >= 11 is 1.67. The fourth-order valence-electron chi connectivity index (χ4n) is 3.48. The number of hydrogen-bond acceptors (Lipinski definition) is 6. The van der Waals surface area contributed by atoms with Crippen LogP contribution in [0, 0.1) is 0 Å². The van der Waals surface area contributed by atoms with Gasteiger partial charge in [0.2, 0.25) is 0 Å². The fourth-order valence-corrected chi connectivity index (χ4v) is 4.05. The summed E-state index contributed by atoms with van der Waals surface area (Å²) in [5.74, 6) is 1.79. The van der Waals surface area contributed by atoms with Crippen molar-refractivity contribution in [3.63, 3.8) is 0 Å². The third kappa shape index (κ3) is 8.04. The van der Waals surface area contributed by atoms with E-state index in [0.717, 1.165) is 30.4 Å². The van der Waals surface area contributed by atoms with Gasteiger partial charge in [-0.1, -0.05) is 24.6 Å². The maximum absolute atomic E-state index is 11.6. The molecule has 1 aromatic rings. The lowest BCUT2D eigenvalue weighted by molar-refractivity contribution is 0.0529. The summed E-state index contributed by atoms with van der Waals surface area (Å²) < 4.78 is 7.56. The number of carbonyl (C=O) groups is 1. The van der Waals surface area contributed by atoms with Crippen LogP contribution in [0.15, 0.2) is 10.1 Å². The number of rotatable bonds is 9. The van der Waals surface area contributed by atoms with Crippen molar-refractivity contribution in [3.8, 4) is 0 Å². The molecule has 3 N–H and O–H groups in total. The van der Waals surface area contributed by atoms with Crippen LogP contribution < -0.4 is 16.0 Å². The number of aliphatic imine (C=N–C) groups is 1. The second-order valence-corrected chi connectivity index (χ2v) is 9.14. The molecule has 1 amide bonds. The van der Waals surface area contributed by atoms with E-state index >= 15 is 0 Å². The maximum Gasteiger partial charge on any atom is 0.407 e. The lowest BCUT2D eigenvalue weighted by Gasteiger charge is -2.20. The van der Waals surface area contributed by atoms with Crippen LogP contribution in [0.3, 0.4) is 0 Å². The summed E-state index contributed by atoms with van der Waals surface area (Å²) in [6.07, 6.45) is 8.52. The molecule has 1 heterocycles. The average molecular weight is 440 g/mol. The number of thioether (sulfide) groups is 1. The second-order valence-electron chi connectivity index (χ2n) is 8.37. The Labute approximate surface area is 184 Å². The van der Waals surface area contributed by atoms with Gasteiger partial charge >= 0.3 is 6.09 Å². The van der Waals surface area contributed by atoms with Gasteiger partial charge in [-0.05, 0) is 46.3 Å². The predicted octanol–water partition coefficient (Wildman–Crippen LogP) is 2.74. The summed E-state index contributed by atoms with van der Waals surface area (Å²) in [7, 11) is 1.73. The molecule has 170 valence electrons. The third-order valence-electron chi connectivity index (χ3n) is 4.79. The second kappa shape index (κ2) is 12.0. The van der Waals surface area contributed by atoms with E-state index in [-0.39, 0.29) is 0 Å². The molecule has 1 aliphatic carbocycles. The van der Waals surface area contributed by atoms with E-state index in [0.29, 0.717) is 25.1 Å². The van der Waals surface area contributed by atoms with E-state index < -0.39 is 11.7 Å². The number of carbonyl (C=O) groups excluding carboxylic acids is 1. The van der Waals surface area contributed by atoms with Crippen molar-refractivity contribution < 1.29 is 9.53 Å². The van der Waals surface area contributed by atoms with Gasteiger partial charge in [-0.3, -0.25) is 4.99 Å². The average Bonchev–Trinajstić information content (AvgIpc) is 3.34. The molecule has 0 spiro atoms. The van der Waals surface area contributed by atoms with Gasteiger partial charge in [-0.25, -0.2) is 4.79 Å². The lowest BCUT2D eigenvalue weighted by atomic mass is 10.2. The molecular formula is C20H37N7O2S. The summed E-state index contributed by atoms with van der Waals surface area (Å²) in [5, 5.41) is 19.1. The first-order chi connectivity index (χ1) is 14.3. The van der Waals surface area contributed by atoms with Gasteiger partial charge in [0.05, 0.1) is 0 Å². The Hall–Kier alpha value is -1.97. The van der Waals surface area contributed by atoms with Gasteiger partial charge in [0, 0.05) is 39.1 Å². The predicted molar refractivity (Wildman–Crippen MR) is 121 cm³/mol. The van der Waals surface area contributed by atoms with Gasteiger partial charge in [0.25, 0.3) is 0 Å². The lowest BCUT2D eigenvalue weighted by Crippen LogP contribution is -2.42. The zero-order valence-corrected chi connectivity index (χ0v) is 19.8. The first kappa shape index (κ1) is 24.3. The van der Waals surface area contributed by atoms with Crippen LogP contribution in [0.2, 0.25) is 0 Å². The van der Waals surface area contributed by atoms with E-state index in [9.17, 15) is 4.79 Å². The zero-order chi connectivity index (χ0) is 22.0. The van der Waals surface area contributed by atoms with Crippen LogP contribution in [0.1, 0.15) is 64.7 Å². The van der Waals surface area contributed by atoms with Crippen molar-refractivity contribution >= 4 is 23.8 Å². The Morgan fingerprint density at radius 3 is 2.47 bits per heavy atom. The Morgan fingerprint density at radius 2 is 1.83 bits per heavy atom. The molecule has 1 aliphatic rings. The number of nitrogens with one attached hydrogen (secondary N) is 3. The summed E-state index contributed by atoms with van der Waals surface area (Å²) in [5.41, 5.74) is -0.492. The van der Waals surface area contributed by atoms with Gasteiger partial charge in [0.1, 0.15) is 11.4 Å². The highest BCUT2D eigenvalue weighted by Crippen LogP contribution is 2.33. The first-order valence-electron chi connectivity index (χ1n) is 10.7. The smallest absolute Gasteiger partial charge is 0.407 e. The Balaban J connectivity index is 1.68. The van der Waals surface area contributed by atoms with Crippen molar-refractivity contribution in [2.45, 2.75) is 76.1 Å². The highest BCUT2D eigenvalue weighted by Gasteiger charge is 2.23. The fraction of sp³-hybridized carbons (Fsp3) is 0.800. The summed E-state index contributed by atoms with van der Waals surface area (Å²) in [4.78, 5) is 15.9. The van der Waals surface area contributed by atoms with Gasteiger partial charge < -0.3 is 25.3 Å². The number of ether oxygens (including phenoxy) is 1. The molecule has 1 saturated carbocycles. The number of nitrogens with zero attached hydrogens (tertiary/aromatic N) is 4. The maximum atomic E-state index is 11.6. The molecule has 0 aromatic carbocycles. The van der Waals surface area contributed by atoms with Crippen LogP contribution in [-0.4, -0.2) is 65.4 Å². The highest BCUT2D eigenvalue weighted by atomic mass is 32.2. The number of guanidine groups is 1. The van der Waals surface area contributed by atoms with E-state index in [1.54, 1.807) is 18.8 Å². The van der Waals surface area contributed by atoms with Crippen molar-refractivity contribution in [3.05, 3.63) is 5.82 Å². The highest BCUT2D eigenvalue weighted by molar-refractivity contribution is 7.98. The molecule has 30 heavy (non-hydrogen) atoms. The minimum atomic E-state index is -0.492. The molecule has 2 rings (SSSR count). The minimum Gasteiger partial charge on any atom is -0.444 e. The van der Waals surface area contributed by atoms with Crippen LogP contribution in [0.4, 0.5) is 4.79 Å². The molecular weight excluding hydrogens is 402 g/mol. The zero-order valence-electron chi connectivity index (χ0n) is 19.0. The Morgan fingerprint density at radius 1 is 1.17 bits per heavy atom. The molecule has 0 unspecified atom stereocenters. The molecule has 0 aliphatic heterocycles. The topological polar surface area (TPSA) is 105 Å². The van der Waals surface area contributed by atoms with Crippen LogP contribution in [0.25, 0.3) is 0 Å². The van der Waals surface area contributed by atoms with Crippen molar-refractivity contribution in [1.29, 1.82) is 0 Å². The van der Waals surface area contributed by atoms with E-state index in [4.69, 9.17) is 4.74 Å². The summed E-state index contributed by atoms with van der Waals surface area (Å²) in [6.45, 7) is 7.33. The number of aryl methyl sites for hydroxylation is 1. The SMILES string of the molecule is CN=C(NCCCc1nnc(SC)n1C1CCCC1)NCCNC(=O)OC(C)(C)C. The van der Waals surface area contributed by atoms with Crippen LogP contribution in [-0.2, 0) is 11.2 Å². The standard InChI is InChI=1S/C20H37N7O2S/c1-20(2,3)29-19(28)24-14-13-23-17(21-4)22-12-8-11-16-25-26-18(30-5)27(16)15-9-6-7-10-15/h15H,6-14H2,1-5H3,(H,24,28)(H2,21,22,23). The van der Waals surface area contributed by atoms with Crippen molar-refractivity contribution in [1.82, 2.24) is 30.7 Å². The van der Waals surface area contributed by atoms with E-state index in [1.807, 2.05) is 20.8 Å². The van der Waals surface area contributed by atoms with Gasteiger partial charge in [0.15, 0.2) is 11.1 Å². The quantitative estimate of drug-likeness (QED) is 0.235. The molecule has 1 aromatic heterocycles. The van der Waals surface area contributed by atoms with Crippen molar-refractivity contribution in [2.75, 3.05) is 32.9 Å². The number of amides is 1. The van der Waals surface area contributed by atoms with E-state index in [1.165, 1.54) is 25.7 Å². The molecule has 1 fully saturated rings. The molecule has 10 heteroatoms. The third-order valence-corrected chi connectivity index (χ3v) is 5.43. The van der Waals surface area contributed by atoms with Crippen LogP contribution in [0.5, 0.6) is 0 Å². The van der Waals surface area contributed by atoms with E-state index in [2.05, 4.69) is 42.0 Å². The van der Waals surface area contributed by atoms with Gasteiger partial charge in [-0.2, -0.15) is 0 Å². The number of alkyl carbamates (subject to hydrolysis) is 1. The Kier molecular flexibility index (Phi) is 9.74. The monoisotopic (exact) mass is 439 g/mol. The number of hydrogen-bond donors (Lipinski definition) is 3. The minimum absolute atomic E-state index is 0.414. The molecule has 9 nitrogen and oxygen atoms in total. The summed E-state index contributed by atoms with van der Waals surface area (Å²) in [6, 6.07) is 0.553. The van der Waals surface area contributed by atoms with Gasteiger partial charge in [-0.15, -0.1) is 10.2 Å².